The maximum atomic E-state index is 11.4. The first-order valence-electron chi connectivity index (χ1n) is 11.5. The van der Waals surface area contributed by atoms with Crippen LogP contribution in [0.25, 0.3) is 0 Å². The van der Waals surface area contributed by atoms with Crippen molar-refractivity contribution >= 4 is 23.5 Å². The van der Waals surface area contributed by atoms with E-state index >= 15 is 0 Å². The van der Waals surface area contributed by atoms with Gasteiger partial charge in [-0.1, -0.05) is 19.1 Å². The van der Waals surface area contributed by atoms with E-state index < -0.39 is 10.7 Å². The Hall–Kier alpha value is -2.32. The number of ether oxygens (including phenoxy) is 2. The van der Waals surface area contributed by atoms with Crippen molar-refractivity contribution in [2.75, 3.05) is 25.2 Å². The molecule has 1 aliphatic carbocycles. The molecular formula is C25H35N3O4S. The zero-order valence-corrected chi connectivity index (χ0v) is 20.8. The third-order valence-electron chi connectivity index (χ3n) is 5.95. The third-order valence-corrected chi connectivity index (χ3v) is 7.14. The first-order chi connectivity index (χ1) is 15.8. The number of aliphatic carboxylic acids is 1. The molecule has 7 nitrogen and oxygen atoms in total. The van der Waals surface area contributed by atoms with Gasteiger partial charge in [-0.25, -0.2) is 9.97 Å². The van der Waals surface area contributed by atoms with Crippen molar-refractivity contribution in [3.05, 3.63) is 42.2 Å². The van der Waals surface area contributed by atoms with Crippen molar-refractivity contribution in [1.29, 1.82) is 0 Å². The van der Waals surface area contributed by atoms with Gasteiger partial charge in [-0.2, -0.15) is 0 Å². The van der Waals surface area contributed by atoms with Gasteiger partial charge in [0.2, 0.25) is 5.88 Å². The standard InChI is InChI=1S/C25H35N3O4S/c1-18-5-9-20(10-6-18)32-23-15-22(26-17-27-23)28(13-14-31-4)16-19-7-11-21(12-8-19)33-25(2,3)24(29)30/h7-8,11-12,15,17-18,20H,5-6,9-10,13-14,16H2,1-4H3,(H,29,30)/t18-,20-. The van der Waals surface area contributed by atoms with E-state index in [4.69, 9.17) is 9.47 Å². The van der Waals surface area contributed by atoms with E-state index in [0.717, 1.165) is 35.0 Å². The van der Waals surface area contributed by atoms with E-state index in [2.05, 4.69) is 21.8 Å². The van der Waals surface area contributed by atoms with Gasteiger partial charge < -0.3 is 19.5 Å². The molecular weight excluding hydrogens is 438 g/mol. The molecule has 0 atom stereocenters. The van der Waals surface area contributed by atoms with Crippen LogP contribution in [0.4, 0.5) is 5.82 Å². The number of anilines is 1. The van der Waals surface area contributed by atoms with Crippen LogP contribution in [0.3, 0.4) is 0 Å². The van der Waals surface area contributed by atoms with Crippen LogP contribution in [0.1, 0.15) is 52.0 Å². The molecule has 1 fully saturated rings. The van der Waals surface area contributed by atoms with Crippen molar-refractivity contribution in [2.24, 2.45) is 5.92 Å². The number of nitrogens with zero attached hydrogens (tertiary/aromatic N) is 3. The first kappa shape index (κ1) is 25.3. The summed E-state index contributed by atoms with van der Waals surface area (Å²) in [5, 5.41) is 9.36. The Labute approximate surface area is 200 Å². The highest BCUT2D eigenvalue weighted by atomic mass is 32.2. The van der Waals surface area contributed by atoms with Crippen LogP contribution in [-0.2, 0) is 16.1 Å². The molecule has 0 amide bonds. The van der Waals surface area contributed by atoms with Gasteiger partial charge in [0.25, 0.3) is 0 Å². The van der Waals surface area contributed by atoms with Crippen LogP contribution in [0, 0.1) is 5.92 Å². The van der Waals surface area contributed by atoms with Crippen LogP contribution >= 0.6 is 11.8 Å². The largest absolute Gasteiger partial charge is 0.480 e. The lowest BCUT2D eigenvalue weighted by Crippen LogP contribution is -2.28. The van der Waals surface area contributed by atoms with Crippen LogP contribution in [0.5, 0.6) is 5.88 Å². The van der Waals surface area contributed by atoms with E-state index in [-0.39, 0.29) is 6.10 Å². The Morgan fingerprint density at radius 2 is 1.88 bits per heavy atom. The minimum atomic E-state index is -0.875. The topological polar surface area (TPSA) is 84.8 Å². The molecule has 1 aromatic heterocycles. The molecule has 0 saturated heterocycles. The van der Waals surface area contributed by atoms with Crippen LogP contribution < -0.4 is 9.64 Å². The summed E-state index contributed by atoms with van der Waals surface area (Å²) in [4.78, 5) is 23.3. The molecule has 1 saturated carbocycles. The molecule has 1 aromatic carbocycles. The molecule has 3 rings (SSSR count). The van der Waals surface area contributed by atoms with E-state index in [0.29, 0.717) is 25.6 Å². The number of hydrogen-bond acceptors (Lipinski definition) is 7. The Balaban J connectivity index is 1.69. The molecule has 1 heterocycles. The number of benzene rings is 1. The zero-order chi connectivity index (χ0) is 23.8. The number of methoxy groups -OCH3 is 1. The SMILES string of the molecule is COCCN(Cc1ccc(SC(C)(C)C(=O)O)cc1)c1cc(O[C@H]2CC[C@H](C)CC2)ncn1. The van der Waals surface area contributed by atoms with Gasteiger partial charge in [0, 0.05) is 31.2 Å². The maximum absolute atomic E-state index is 11.4. The molecule has 0 spiro atoms. The van der Waals surface area contributed by atoms with Gasteiger partial charge in [-0.3, -0.25) is 4.79 Å². The number of aromatic nitrogens is 2. The number of thioether (sulfide) groups is 1. The van der Waals surface area contributed by atoms with Crippen molar-refractivity contribution in [1.82, 2.24) is 9.97 Å². The van der Waals surface area contributed by atoms with Crippen molar-refractivity contribution in [3.63, 3.8) is 0 Å². The molecule has 1 N–H and O–H groups in total. The molecule has 33 heavy (non-hydrogen) atoms. The summed E-state index contributed by atoms with van der Waals surface area (Å²) in [6.07, 6.45) is 6.30. The lowest BCUT2D eigenvalue weighted by atomic mass is 9.89. The van der Waals surface area contributed by atoms with Gasteiger partial charge in [0.15, 0.2) is 0 Å². The first-order valence-corrected chi connectivity index (χ1v) is 12.3. The van der Waals surface area contributed by atoms with Crippen LogP contribution in [0.15, 0.2) is 41.6 Å². The van der Waals surface area contributed by atoms with Crippen LogP contribution in [0.2, 0.25) is 0 Å². The van der Waals surface area contributed by atoms with Crippen molar-refractivity contribution < 1.29 is 19.4 Å². The highest BCUT2D eigenvalue weighted by Crippen LogP contribution is 2.33. The highest BCUT2D eigenvalue weighted by molar-refractivity contribution is 8.01. The second-order valence-corrected chi connectivity index (χ2v) is 10.9. The van der Waals surface area contributed by atoms with Gasteiger partial charge in [0.05, 0.1) is 6.61 Å². The van der Waals surface area contributed by atoms with Gasteiger partial charge in [-0.05, 0) is 63.1 Å². The normalized spacial score (nSPS) is 18.7. The average molecular weight is 474 g/mol. The minimum Gasteiger partial charge on any atom is -0.480 e. The van der Waals surface area contributed by atoms with Crippen molar-refractivity contribution in [3.8, 4) is 5.88 Å². The van der Waals surface area contributed by atoms with E-state index in [1.165, 1.54) is 24.6 Å². The number of rotatable bonds is 11. The lowest BCUT2D eigenvalue weighted by Gasteiger charge is -2.27. The van der Waals surface area contributed by atoms with Crippen molar-refractivity contribution in [2.45, 2.75) is 68.7 Å². The fourth-order valence-corrected chi connectivity index (χ4v) is 4.73. The number of carboxylic acid groups (broad SMARTS) is 1. The predicted molar refractivity (Wildman–Crippen MR) is 131 cm³/mol. The summed E-state index contributed by atoms with van der Waals surface area (Å²) in [5.41, 5.74) is 1.10. The second kappa shape index (κ2) is 11.7. The number of carboxylic acids is 1. The van der Waals surface area contributed by atoms with Crippen LogP contribution in [-0.4, -0.2) is 52.2 Å². The summed E-state index contributed by atoms with van der Waals surface area (Å²) < 4.78 is 10.6. The fourth-order valence-electron chi connectivity index (χ4n) is 3.78. The summed E-state index contributed by atoms with van der Waals surface area (Å²) >= 11 is 1.34. The quantitative estimate of drug-likeness (QED) is 0.454. The second-order valence-electron chi connectivity index (χ2n) is 9.19. The highest BCUT2D eigenvalue weighted by Gasteiger charge is 2.28. The zero-order valence-electron chi connectivity index (χ0n) is 20.0. The van der Waals surface area contributed by atoms with E-state index in [1.807, 2.05) is 30.3 Å². The monoisotopic (exact) mass is 473 g/mol. The molecule has 180 valence electrons. The Kier molecular flexibility index (Phi) is 8.97. The molecule has 1 aliphatic rings. The lowest BCUT2D eigenvalue weighted by molar-refractivity contribution is -0.138. The maximum Gasteiger partial charge on any atom is 0.319 e. The van der Waals surface area contributed by atoms with Gasteiger partial charge in [-0.15, -0.1) is 11.8 Å². The third kappa shape index (κ3) is 7.61. The number of carbonyl (C=O) groups is 1. The number of hydrogen-bond donors (Lipinski definition) is 1. The molecule has 0 unspecified atom stereocenters. The Morgan fingerprint density at radius 1 is 1.18 bits per heavy atom. The summed E-state index contributed by atoms with van der Waals surface area (Å²) in [7, 11) is 1.69. The smallest absolute Gasteiger partial charge is 0.319 e. The molecule has 2 aromatic rings. The predicted octanol–water partition coefficient (Wildman–Crippen LogP) is 5.04. The average Bonchev–Trinajstić information content (AvgIpc) is 2.79. The molecule has 0 radical (unpaired) electrons. The Morgan fingerprint density at radius 3 is 2.52 bits per heavy atom. The Bertz CT molecular complexity index is 899. The summed E-state index contributed by atoms with van der Waals surface area (Å²) in [5.74, 6) is 1.36. The van der Waals surface area contributed by atoms with E-state index in [9.17, 15) is 9.90 Å². The molecule has 0 aliphatic heterocycles. The fraction of sp³-hybridized carbons (Fsp3) is 0.560. The van der Waals surface area contributed by atoms with Gasteiger partial charge >= 0.3 is 5.97 Å². The minimum absolute atomic E-state index is 0.219. The van der Waals surface area contributed by atoms with E-state index in [1.54, 1.807) is 27.3 Å². The molecule has 0 bridgehead atoms. The molecule has 8 heteroatoms. The summed E-state index contributed by atoms with van der Waals surface area (Å²) in [6, 6.07) is 9.91. The summed E-state index contributed by atoms with van der Waals surface area (Å²) in [6.45, 7) is 7.61. The van der Waals surface area contributed by atoms with Gasteiger partial charge in [0.1, 0.15) is 23.0 Å².